The summed E-state index contributed by atoms with van der Waals surface area (Å²) in [4.78, 5) is 90.5. The molecule has 0 saturated carbocycles. The van der Waals surface area contributed by atoms with Gasteiger partial charge in [-0.15, -0.1) is 0 Å². The van der Waals surface area contributed by atoms with Crippen LogP contribution >= 0.6 is 27.7 Å². The predicted molar refractivity (Wildman–Crippen MR) is 277 cm³/mol. The molecule has 1 aliphatic rings. The molecule has 0 spiro atoms. The monoisotopic (exact) mass is 1060 g/mol. The number of nitrogens with zero attached hydrogens (tertiary/aromatic N) is 3. The molecule has 0 unspecified atom stereocenters. The van der Waals surface area contributed by atoms with Gasteiger partial charge in [-0.3, -0.25) is 14.4 Å². The van der Waals surface area contributed by atoms with Gasteiger partial charge in [-0.05, 0) is 142 Å². The van der Waals surface area contributed by atoms with Crippen molar-refractivity contribution >= 4 is 74.6 Å². The van der Waals surface area contributed by atoms with Crippen molar-refractivity contribution in [1.82, 2.24) is 41.0 Å². The zero-order chi connectivity index (χ0) is 52.3. The molecule has 0 radical (unpaired) electrons. The molecule has 5 N–H and O–H groups in total. The SMILES string of the molecule is Cc1c(C[C@H]2C(=O)NCc3c(Br)cccc3Sc3ncccc3CN[C@@H](CCCNC(=O)OC(C)(C)C)C(=O)N[C@@H](CCCCNC(=O)OC(C)(C)C)C(=O)N2C)c2ccccc2n1C(=O)OC(C)(C)C. The molecule has 1 aliphatic heterocycles. The summed E-state index contributed by atoms with van der Waals surface area (Å²) in [5.41, 5.74) is 1.22. The van der Waals surface area contributed by atoms with Crippen molar-refractivity contribution < 1.29 is 43.0 Å². The van der Waals surface area contributed by atoms with E-state index in [1.54, 1.807) is 82.5 Å². The second-order valence-corrected chi connectivity index (χ2v) is 22.4. The van der Waals surface area contributed by atoms with E-state index in [9.17, 15) is 24.0 Å². The minimum Gasteiger partial charge on any atom is -0.444 e. The Morgan fingerprint density at radius 3 is 2.07 bits per heavy atom. The predicted octanol–water partition coefficient (Wildman–Crippen LogP) is 8.68. The third-order valence-electron chi connectivity index (χ3n) is 11.3. The maximum Gasteiger partial charge on any atom is 0.419 e. The topological polar surface area (TPSA) is 211 Å². The van der Waals surface area contributed by atoms with E-state index in [1.165, 1.54) is 21.2 Å². The van der Waals surface area contributed by atoms with E-state index in [0.717, 1.165) is 20.5 Å². The number of para-hydroxylation sites is 1. The molecule has 19 heteroatoms. The molecular weight excluding hydrogens is 993 g/mol. The van der Waals surface area contributed by atoms with Crippen molar-refractivity contribution in [1.29, 1.82) is 0 Å². The van der Waals surface area contributed by atoms with Crippen LogP contribution in [-0.4, -0.2) is 106 Å². The quantitative estimate of drug-likeness (QED) is 0.0706. The third kappa shape index (κ3) is 16.7. The lowest BCUT2D eigenvalue weighted by molar-refractivity contribution is -0.142. The van der Waals surface area contributed by atoms with Gasteiger partial charge in [0.2, 0.25) is 17.7 Å². The Balaban J connectivity index is 1.57. The van der Waals surface area contributed by atoms with Gasteiger partial charge in [0, 0.05) is 66.3 Å². The molecule has 0 bridgehead atoms. The third-order valence-corrected chi connectivity index (χ3v) is 13.2. The fourth-order valence-corrected chi connectivity index (χ4v) is 9.65. The Hall–Kier alpha value is -5.66. The Labute approximate surface area is 430 Å². The van der Waals surface area contributed by atoms with Gasteiger partial charge < -0.3 is 45.7 Å². The van der Waals surface area contributed by atoms with Crippen molar-refractivity contribution in [2.45, 2.75) is 166 Å². The number of alkyl carbamates (subject to hydrolysis) is 2. The Morgan fingerprint density at radius 1 is 0.775 bits per heavy atom. The molecule has 2 aromatic carbocycles. The maximum atomic E-state index is 15.2. The Kier molecular flexibility index (Phi) is 19.5. The zero-order valence-corrected chi connectivity index (χ0v) is 45.3. The first-order valence-corrected chi connectivity index (χ1v) is 25.7. The van der Waals surface area contributed by atoms with Gasteiger partial charge >= 0.3 is 18.3 Å². The van der Waals surface area contributed by atoms with E-state index in [-0.39, 0.29) is 45.4 Å². The van der Waals surface area contributed by atoms with E-state index < -0.39 is 70.9 Å². The molecule has 2 aromatic heterocycles. The number of rotatable bonds is 11. The van der Waals surface area contributed by atoms with Crippen molar-refractivity contribution in [3.8, 4) is 0 Å². The molecule has 3 atom stereocenters. The number of carbonyl (C=O) groups is 6. The van der Waals surface area contributed by atoms with E-state index >= 15 is 4.79 Å². The minimum absolute atomic E-state index is 0.000380. The van der Waals surface area contributed by atoms with Crippen molar-refractivity contribution in [2.24, 2.45) is 0 Å². The largest absolute Gasteiger partial charge is 0.444 e. The van der Waals surface area contributed by atoms with Crippen LogP contribution in [0.5, 0.6) is 0 Å². The molecule has 5 amide bonds. The van der Waals surface area contributed by atoms with Crippen LogP contribution in [0.1, 0.15) is 117 Å². The normalized spacial score (nSPS) is 17.5. The van der Waals surface area contributed by atoms with Crippen LogP contribution in [0, 0.1) is 6.92 Å². The van der Waals surface area contributed by atoms with Crippen LogP contribution in [0.15, 0.2) is 75.2 Å². The summed E-state index contributed by atoms with van der Waals surface area (Å²) >= 11 is 5.14. The lowest BCUT2D eigenvalue weighted by atomic mass is 9.99. The fraction of sp³-hybridized carbons (Fsp3) is 0.519. The summed E-state index contributed by atoms with van der Waals surface area (Å²) < 4.78 is 18.9. The molecule has 3 heterocycles. The average molecular weight is 1060 g/mol. The highest BCUT2D eigenvalue weighted by Gasteiger charge is 2.36. The second-order valence-electron chi connectivity index (χ2n) is 20.6. The summed E-state index contributed by atoms with van der Waals surface area (Å²) in [6.07, 6.45) is 1.63. The number of ether oxygens (including phenoxy) is 3. The number of carbonyl (C=O) groups excluding carboxylic acids is 6. The zero-order valence-electron chi connectivity index (χ0n) is 42.9. The van der Waals surface area contributed by atoms with Gasteiger partial charge in [-0.2, -0.15) is 0 Å². The maximum absolute atomic E-state index is 15.2. The molecule has 0 fully saturated rings. The van der Waals surface area contributed by atoms with Gasteiger partial charge in [0.25, 0.3) is 0 Å². The lowest BCUT2D eigenvalue weighted by Crippen LogP contribution is -2.57. The molecule has 386 valence electrons. The summed E-state index contributed by atoms with van der Waals surface area (Å²) in [6.45, 7) is 18.6. The Bertz CT molecular complexity index is 2550. The molecule has 17 nitrogen and oxygen atoms in total. The van der Waals surface area contributed by atoms with Gasteiger partial charge in [-0.25, -0.2) is 23.9 Å². The molecule has 71 heavy (non-hydrogen) atoms. The highest BCUT2D eigenvalue weighted by Crippen LogP contribution is 2.35. The molecule has 0 saturated heterocycles. The molecule has 5 rings (SSSR count). The number of fused-ring (bicyclic) bond motifs is 3. The highest BCUT2D eigenvalue weighted by atomic mass is 79.9. The first kappa shape index (κ1) is 56.3. The van der Waals surface area contributed by atoms with Crippen LogP contribution in [0.4, 0.5) is 14.4 Å². The van der Waals surface area contributed by atoms with Crippen molar-refractivity contribution in [2.75, 3.05) is 20.1 Å². The number of hydrogen-bond donors (Lipinski definition) is 5. The summed E-state index contributed by atoms with van der Waals surface area (Å²) in [5, 5.41) is 16.5. The fourth-order valence-electron chi connectivity index (χ4n) is 7.96. The molecule has 4 aromatic rings. The average Bonchev–Trinajstić information content (AvgIpc) is 3.55. The van der Waals surface area contributed by atoms with E-state index in [0.29, 0.717) is 46.4 Å². The Morgan fingerprint density at radius 2 is 1.41 bits per heavy atom. The number of aromatic nitrogens is 2. The van der Waals surface area contributed by atoms with Crippen LogP contribution in [0.3, 0.4) is 0 Å². The molecular formula is C52H71BrN8O9S. The van der Waals surface area contributed by atoms with E-state index in [1.807, 2.05) is 54.6 Å². The van der Waals surface area contributed by atoms with Crippen LogP contribution < -0.4 is 26.6 Å². The van der Waals surface area contributed by atoms with Gasteiger partial charge in [0.1, 0.15) is 33.9 Å². The summed E-state index contributed by atoms with van der Waals surface area (Å²) in [7, 11) is 1.55. The van der Waals surface area contributed by atoms with Crippen LogP contribution in [0.25, 0.3) is 10.9 Å². The van der Waals surface area contributed by atoms with Gasteiger partial charge in [0.05, 0.1) is 11.6 Å². The van der Waals surface area contributed by atoms with Gasteiger partial charge in [-0.1, -0.05) is 58.0 Å². The first-order valence-electron chi connectivity index (χ1n) is 24.0. The van der Waals surface area contributed by atoms with E-state index in [4.69, 9.17) is 19.2 Å². The second kappa shape index (κ2) is 24.6. The first-order chi connectivity index (χ1) is 33.3. The number of nitrogens with one attached hydrogen (secondary N) is 5. The van der Waals surface area contributed by atoms with Crippen molar-refractivity contribution in [3.05, 3.63) is 87.7 Å². The number of unbranched alkanes of at least 4 members (excludes halogenated alkanes) is 1. The minimum atomic E-state index is -1.14. The number of amides is 5. The number of hydrogen-bond acceptors (Lipinski definition) is 12. The standard InChI is InChI=1S/C52H71BrN8O9S/c1-32-35(34-20-12-13-24-40(34)61(32)49(67)70-52(8,9)10)29-41-44(63)58-31-36-37(53)21-16-25-42(36)71-45-33(19-17-27-54-45)30-57-38(23-18-28-56-48(66)69-51(5,6)7)43(62)59-39(46(64)60(41)11)22-14-15-26-55-47(65)68-50(2,3)4/h12-13,16-17,19-21,24-25,27,38-39,41,57H,14-15,18,22-23,26,28-31H2,1-11H3,(H,55,65)(H,56,66)(H,58,63)(H,59,62)/t38-,39-,41-/m0/s1. The highest BCUT2D eigenvalue weighted by molar-refractivity contribution is 9.10. The van der Waals surface area contributed by atoms with Gasteiger partial charge in [0.15, 0.2) is 0 Å². The number of benzene rings is 2. The molecule has 0 aliphatic carbocycles. The number of halogens is 1. The lowest BCUT2D eigenvalue weighted by Gasteiger charge is -2.32. The van der Waals surface area contributed by atoms with E-state index in [2.05, 4.69) is 42.5 Å². The smallest absolute Gasteiger partial charge is 0.419 e. The summed E-state index contributed by atoms with van der Waals surface area (Å²) in [6, 6.07) is 13.7. The van der Waals surface area contributed by atoms with Crippen LogP contribution in [-0.2, 0) is 48.1 Å². The number of likely N-dealkylation sites (N-methyl/N-ethyl adjacent to an activating group) is 1. The van der Waals surface area contributed by atoms with Crippen LogP contribution in [0.2, 0.25) is 0 Å². The number of pyridine rings is 1. The summed E-state index contributed by atoms with van der Waals surface area (Å²) in [5.74, 6) is -1.45. The van der Waals surface area contributed by atoms with Crippen molar-refractivity contribution in [3.63, 3.8) is 0 Å².